The van der Waals surface area contributed by atoms with Crippen LogP contribution in [0.5, 0.6) is 0 Å². The highest BCUT2D eigenvalue weighted by Crippen LogP contribution is 2.21. The minimum Gasteiger partial charge on any atom is -0.380 e. The molecule has 0 aromatic heterocycles. The van der Waals surface area contributed by atoms with Crippen molar-refractivity contribution in [3.8, 4) is 0 Å². The molecule has 6 nitrogen and oxygen atoms in total. The summed E-state index contributed by atoms with van der Waals surface area (Å²) in [7, 11) is 1.62. The fourth-order valence-electron chi connectivity index (χ4n) is 2.10. The normalized spacial score (nSPS) is 21.7. The Kier molecular flexibility index (Phi) is 4.59. The largest absolute Gasteiger partial charge is 0.380 e. The topological polar surface area (TPSA) is 93.4 Å². The third-order valence-corrected chi connectivity index (χ3v) is 3.56. The second-order valence-corrected chi connectivity index (χ2v) is 5.01. The second-order valence-electron chi connectivity index (χ2n) is 4.60. The molecule has 2 amide bonds. The predicted octanol–water partition coefficient (Wildman–Crippen LogP) is 0.754. The number of amides is 2. The lowest BCUT2D eigenvalue weighted by atomic mass is 10.1. The van der Waals surface area contributed by atoms with Gasteiger partial charge in [-0.2, -0.15) is 0 Å². The minimum atomic E-state index is -0.603. The molecule has 2 rings (SSSR count). The molecule has 2 atom stereocenters. The van der Waals surface area contributed by atoms with Gasteiger partial charge in [0.05, 0.1) is 22.7 Å². The van der Waals surface area contributed by atoms with Gasteiger partial charge in [-0.25, -0.2) is 0 Å². The number of primary amides is 1. The van der Waals surface area contributed by atoms with Crippen LogP contribution in [0.3, 0.4) is 0 Å². The SMILES string of the molecule is COC1CNC(C(=O)Nc2ccc(C(N)=O)c(Cl)c2)C1. The first-order chi connectivity index (χ1) is 9.51. The number of nitrogens with two attached hydrogens (primary N) is 1. The molecule has 0 aliphatic carbocycles. The first-order valence-corrected chi connectivity index (χ1v) is 6.55. The first kappa shape index (κ1) is 14.8. The van der Waals surface area contributed by atoms with Gasteiger partial charge >= 0.3 is 0 Å². The average Bonchev–Trinajstić information content (AvgIpc) is 2.87. The molecule has 20 heavy (non-hydrogen) atoms. The van der Waals surface area contributed by atoms with Crippen LogP contribution in [0.15, 0.2) is 18.2 Å². The highest BCUT2D eigenvalue weighted by atomic mass is 35.5. The van der Waals surface area contributed by atoms with Gasteiger partial charge in [0.25, 0.3) is 0 Å². The van der Waals surface area contributed by atoms with Crippen LogP contribution >= 0.6 is 11.6 Å². The summed E-state index contributed by atoms with van der Waals surface area (Å²) in [6.45, 7) is 0.649. The number of methoxy groups -OCH3 is 1. The van der Waals surface area contributed by atoms with Crippen molar-refractivity contribution in [1.29, 1.82) is 0 Å². The van der Waals surface area contributed by atoms with Gasteiger partial charge < -0.3 is 21.1 Å². The highest BCUT2D eigenvalue weighted by molar-refractivity contribution is 6.34. The number of ether oxygens (including phenoxy) is 1. The summed E-state index contributed by atoms with van der Waals surface area (Å²) in [6.07, 6.45) is 0.668. The average molecular weight is 298 g/mol. The molecule has 1 aliphatic rings. The van der Waals surface area contributed by atoms with Crippen molar-refractivity contribution < 1.29 is 14.3 Å². The number of anilines is 1. The van der Waals surface area contributed by atoms with Crippen LogP contribution in [-0.2, 0) is 9.53 Å². The smallest absolute Gasteiger partial charge is 0.250 e. The minimum absolute atomic E-state index is 0.0478. The number of nitrogens with one attached hydrogen (secondary N) is 2. The summed E-state index contributed by atoms with van der Waals surface area (Å²) in [5.74, 6) is -0.763. The number of carbonyl (C=O) groups is 2. The molecule has 1 fully saturated rings. The van der Waals surface area contributed by atoms with Crippen LogP contribution in [0.25, 0.3) is 0 Å². The van der Waals surface area contributed by atoms with E-state index >= 15 is 0 Å². The zero-order valence-corrected chi connectivity index (χ0v) is 11.7. The maximum atomic E-state index is 12.0. The van der Waals surface area contributed by atoms with E-state index in [4.69, 9.17) is 22.1 Å². The summed E-state index contributed by atoms with van der Waals surface area (Å²) >= 11 is 5.93. The molecule has 1 heterocycles. The van der Waals surface area contributed by atoms with Crippen molar-refractivity contribution in [2.24, 2.45) is 5.73 Å². The summed E-state index contributed by atoms with van der Waals surface area (Å²) in [5, 5.41) is 6.03. The first-order valence-electron chi connectivity index (χ1n) is 6.17. The van der Waals surface area contributed by atoms with E-state index in [1.165, 1.54) is 12.1 Å². The molecule has 7 heteroatoms. The van der Waals surface area contributed by atoms with E-state index in [-0.39, 0.29) is 28.6 Å². The molecule has 108 valence electrons. The van der Waals surface area contributed by atoms with Crippen LogP contribution in [0.2, 0.25) is 5.02 Å². The third-order valence-electron chi connectivity index (χ3n) is 3.24. The number of carbonyl (C=O) groups excluding carboxylic acids is 2. The van der Waals surface area contributed by atoms with Crippen molar-refractivity contribution in [1.82, 2.24) is 5.32 Å². The summed E-state index contributed by atoms with van der Waals surface area (Å²) < 4.78 is 5.19. The Labute approximate surface area is 121 Å². The van der Waals surface area contributed by atoms with Crippen LogP contribution in [0.1, 0.15) is 16.8 Å². The van der Waals surface area contributed by atoms with E-state index in [2.05, 4.69) is 10.6 Å². The molecule has 0 radical (unpaired) electrons. The van der Waals surface area contributed by atoms with Gasteiger partial charge in [-0.3, -0.25) is 9.59 Å². The number of hydrogen-bond donors (Lipinski definition) is 3. The third kappa shape index (κ3) is 3.27. The molecule has 1 aliphatic heterocycles. The van der Waals surface area contributed by atoms with Crippen molar-refractivity contribution in [2.45, 2.75) is 18.6 Å². The number of benzene rings is 1. The lowest BCUT2D eigenvalue weighted by Crippen LogP contribution is -2.35. The molecule has 4 N–H and O–H groups in total. The van der Waals surface area contributed by atoms with Crippen molar-refractivity contribution >= 4 is 29.1 Å². The van der Waals surface area contributed by atoms with Crippen LogP contribution in [-0.4, -0.2) is 37.6 Å². The molecule has 0 spiro atoms. The molecule has 1 saturated heterocycles. The van der Waals surface area contributed by atoms with Crippen LogP contribution in [0, 0.1) is 0 Å². The summed E-state index contributed by atoms with van der Waals surface area (Å²) in [4.78, 5) is 23.1. The fourth-order valence-corrected chi connectivity index (χ4v) is 2.38. The Morgan fingerprint density at radius 3 is 2.80 bits per heavy atom. The molecule has 0 saturated carbocycles. The van der Waals surface area contributed by atoms with E-state index in [1.54, 1.807) is 13.2 Å². The van der Waals surface area contributed by atoms with E-state index in [0.717, 1.165) is 0 Å². The maximum absolute atomic E-state index is 12.0. The van der Waals surface area contributed by atoms with Crippen LogP contribution < -0.4 is 16.4 Å². The number of halogens is 1. The molecular formula is C13H16ClN3O3. The van der Waals surface area contributed by atoms with E-state index in [0.29, 0.717) is 18.7 Å². The zero-order valence-electron chi connectivity index (χ0n) is 11.0. The number of rotatable bonds is 4. The molecule has 1 aromatic rings. The highest BCUT2D eigenvalue weighted by Gasteiger charge is 2.29. The maximum Gasteiger partial charge on any atom is 0.250 e. The van der Waals surface area contributed by atoms with Gasteiger partial charge in [-0.1, -0.05) is 11.6 Å². The Bertz CT molecular complexity index is 536. The predicted molar refractivity (Wildman–Crippen MR) is 75.8 cm³/mol. The van der Waals surface area contributed by atoms with Gasteiger partial charge in [0.15, 0.2) is 0 Å². The Hall–Kier alpha value is -1.63. The number of hydrogen-bond acceptors (Lipinski definition) is 4. The fraction of sp³-hybridized carbons (Fsp3) is 0.385. The standard InChI is InChI=1S/C13H16ClN3O3/c1-20-8-5-11(16-6-8)13(19)17-7-2-3-9(12(15)18)10(14)4-7/h2-4,8,11,16H,5-6H2,1H3,(H2,15,18)(H,17,19). The lowest BCUT2D eigenvalue weighted by Gasteiger charge is -2.12. The summed E-state index contributed by atoms with van der Waals surface area (Å²) in [6, 6.07) is 4.28. The Morgan fingerprint density at radius 2 is 2.25 bits per heavy atom. The Morgan fingerprint density at radius 1 is 1.50 bits per heavy atom. The molecular weight excluding hydrogens is 282 g/mol. The summed E-state index contributed by atoms with van der Waals surface area (Å²) in [5.41, 5.74) is 5.91. The molecule has 0 bridgehead atoms. The van der Waals surface area contributed by atoms with E-state index < -0.39 is 5.91 Å². The monoisotopic (exact) mass is 297 g/mol. The van der Waals surface area contributed by atoms with Gasteiger partial charge in [0.2, 0.25) is 11.8 Å². The van der Waals surface area contributed by atoms with Gasteiger partial charge in [0.1, 0.15) is 0 Å². The second kappa shape index (κ2) is 6.21. The van der Waals surface area contributed by atoms with Crippen LogP contribution in [0.4, 0.5) is 5.69 Å². The van der Waals surface area contributed by atoms with Crippen molar-refractivity contribution in [3.05, 3.63) is 28.8 Å². The Balaban J connectivity index is 2.02. The lowest BCUT2D eigenvalue weighted by molar-refractivity contribution is -0.118. The molecule has 1 aromatic carbocycles. The van der Waals surface area contributed by atoms with E-state index in [9.17, 15) is 9.59 Å². The van der Waals surface area contributed by atoms with Gasteiger partial charge in [-0.15, -0.1) is 0 Å². The van der Waals surface area contributed by atoms with Crippen molar-refractivity contribution in [3.63, 3.8) is 0 Å². The van der Waals surface area contributed by atoms with Gasteiger partial charge in [0, 0.05) is 19.3 Å². The van der Waals surface area contributed by atoms with Gasteiger partial charge in [-0.05, 0) is 24.6 Å². The zero-order chi connectivity index (χ0) is 14.7. The quantitative estimate of drug-likeness (QED) is 0.764. The van der Waals surface area contributed by atoms with E-state index in [1.807, 2.05) is 0 Å². The molecule has 2 unspecified atom stereocenters. The van der Waals surface area contributed by atoms with Crippen molar-refractivity contribution in [2.75, 3.05) is 19.0 Å².